The van der Waals surface area contributed by atoms with E-state index in [4.69, 9.17) is 16.3 Å². The third kappa shape index (κ3) is 2.30. The second-order valence-electron chi connectivity index (χ2n) is 5.84. The molecule has 2 fully saturated rings. The average Bonchev–Trinajstić information content (AvgIpc) is 3.06. The molecular formula is C14H22ClN3O. The van der Waals surface area contributed by atoms with E-state index in [2.05, 4.69) is 10.4 Å². The Kier molecular flexibility index (Phi) is 3.58. The summed E-state index contributed by atoms with van der Waals surface area (Å²) in [5, 5.41) is 8.67. The van der Waals surface area contributed by atoms with Crippen molar-refractivity contribution in [3.63, 3.8) is 0 Å². The van der Waals surface area contributed by atoms with Crippen LogP contribution in [0.3, 0.4) is 0 Å². The van der Waals surface area contributed by atoms with E-state index >= 15 is 0 Å². The topological polar surface area (TPSA) is 39.1 Å². The zero-order chi connectivity index (χ0) is 13.6. The molecule has 0 amide bonds. The van der Waals surface area contributed by atoms with E-state index in [-0.39, 0.29) is 0 Å². The van der Waals surface area contributed by atoms with Crippen LogP contribution in [0.1, 0.15) is 30.7 Å². The van der Waals surface area contributed by atoms with Gasteiger partial charge in [-0.15, -0.1) is 0 Å². The van der Waals surface area contributed by atoms with Gasteiger partial charge >= 0.3 is 0 Å². The summed E-state index contributed by atoms with van der Waals surface area (Å²) in [5.74, 6) is 0.607. The smallest absolute Gasteiger partial charge is 0.0847 e. The number of hydrogen-bond donors (Lipinski definition) is 1. The predicted octanol–water partition coefficient (Wildman–Crippen LogP) is 2.08. The number of nitrogens with one attached hydrogen (secondary N) is 1. The summed E-state index contributed by atoms with van der Waals surface area (Å²) >= 11 is 6.36. The Morgan fingerprint density at radius 2 is 2.32 bits per heavy atom. The molecule has 1 N–H and O–H groups in total. The van der Waals surface area contributed by atoms with Crippen LogP contribution in [0.5, 0.6) is 0 Å². The summed E-state index contributed by atoms with van der Waals surface area (Å²) in [7, 11) is 4.01. The molecule has 0 aliphatic carbocycles. The van der Waals surface area contributed by atoms with Gasteiger partial charge in [-0.3, -0.25) is 4.68 Å². The van der Waals surface area contributed by atoms with Gasteiger partial charge in [0, 0.05) is 25.4 Å². The molecule has 3 rings (SSSR count). The molecule has 2 saturated heterocycles. The summed E-state index contributed by atoms with van der Waals surface area (Å²) in [6, 6.07) is 0.419. The van der Waals surface area contributed by atoms with Crippen molar-refractivity contribution < 1.29 is 4.74 Å². The van der Waals surface area contributed by atoms with Crippen LogP contribution in [-0.4, -0.2) is 35.1 Å². The molecule has 2 bridgehead atoms. The van der Waals surface area contributed by atoms with Gasteiger partial charge in [-0.25, -0.2) is 0 Å². The number of aryl methyl sites for hydroxylation is 2. The van der Waals surface area contributed by atoms with E-state index < -0.39 is 0 Å². The second-order valence-corrected chi connectivity index (χ2v) is 6.22. The van der Waals surface area contributed by atoms with Gasteiger partial charge in [0.25, 0.3) is 0 Å². The quantitative estimate of drug-likeness (QED) is 0.920. The number of hydrogen-bond acceptors (Lipinski definition) is 3. The van der Waals surface area contributed by atoms with Gasteiger partial charge < -0.3 is 10.1 Å². The summed E-state index contributed by atoms with van der Waals surface area (Å²) < 4.78 is 7.89. The molecule has 19 heavy (non-hydrogen) atoms. The Balaban J connectivity index is 1.76. The third-order valence-corrected chi connectivity index (χ3v) is 5.21. The Bertz CT molecular complexity index is 474. The van der Waals surface area contributed by atoms with Crippen LogP contribution in [0.25, 0.3) is 0 Å². The van der Waals surface area contributed by atoms with Crippen LogP contribution in [0.15, 0.2) is 0 Å². The molecule has 0 aromatic carbocycles. The molecule has 4 atom stereocenters. The van der Waals surface area contributed by atoms with Gasteiger partial charge in [-0.05, 0) is 33.2 Å². The molecule has 1 aromatic rings. The SMILES string of the molecule is CNC(Cc1c(Cl)c(C)nn1C)C1CC2CCC1O2. The van der Waals surface area contributed by atoms with Crippen molar-refractivity contribution in [2.24, 2.45) is 13.0 Å². The fraction of sp³-hybridized carbons (Fsp3) is 0.786. The molecule has 0 spiro atoms. The van der Waals surface area contributed by atoms with Crippen LogP contribution in [0.4, 0.5) is 0 Å². The maximum atomic E-state index is 6.36. The molecule has 3 heterocycles. The summed E-state index contributed by atoms with van der Waals surface area (Å²) in [6.07, 6.45) is 5.49. The number of halogens is 1. The first-order valence-corrected chi connectivity index (χ1v) is 7.48. The zero-order valence-corrected chi connectivity index (χ0v) is 12.6. The van der Waals surface area contributed by atoms with Crippen LogP contribution < -0.4 is 5.32 Å². The minimum Gasteiger partial charge on any atom is -0.375 e. The number of ether oxygens (including phenoxy) is 1. The molecule has 2 aliphatic heterocycles. The molecule has 1 aromatic heterocycles. The zero-order valence-electron chi connectivity index (χ0n) is 11.8. The molecular weight excluding hydrogens is 262 g/mol. The highest BCUT2D eigenvalue weighted by Gasteiger charge is 2.44. The third-order valence-electron chi connectivity index (χ3n) is 4.72. The minimum atomic E-state index is 0.419. The number of nitrogens with zero attached hydrogens (tertiary/aromatic N) is 2. The standard InChI is InChI=1S/C14H22ClN3O/c1-8-14(15)12(18(3)17-8)7-11(16-2)10-6-9-4-5-13(10)19-9/h9-11,13,16H,4-7H2,1-3H3. The van der Waals surface area contributed by atoms with Crippen molar-refractivity contribution in [1.82, 2.24) is 15.1 Å². The normalized spacial score (nSPS) is 31.1. The predicted molar refractivity (Wildman–Crippen MR) is 75.5 cm³/mol. The van der Waals surface area contributed by atoms with E-state index in [1.807, 2.05) is 25.7 Å². The summed E-state index contributed by atoms with van der Waals surface area (Å²) in [4.78, 5) is 0. The van der Waals surface area contributed by atoms with Crippen LogP contribution in [0, 0.1) is 12.8 Å². The number of aromatic nitrogens is 2. The van der Waals surface area contributed by atoms with Gasteiger partial charge in [0.15, 0.2) is 0 Å². The highest BCUT2D eigenvalue weighted by Crippen LogP contribution is 2.41. The monoisotopic (exact) mass is 283 g/mol. The summed E-state index contributed by atoms with van der Waals surface area (Å²) in [6.45, 7) is 1.96. The van der Waals surface area contributed by atoms with Crippen molar-refractivity contribution in [3.05, 3.63) is 16.4 Å². The fourth-order valence-corrected chi connectivity index (χ4v) is 3.92. The number of fused-ring (bicyclic) bond motifs is 2. The Hall–Kier alpha value is -0.580. The number of rotatable bonds is 4. The van der Waals surface area contributed by atoms with Gasteiger partial charge in [0.2, 0.25) is 0 Å². The van der Waals surface area contributed by atoms with Gasteiger partial charge in [-0.1, -0.05) is 11.6 Å². The lowest BCUT2D eigenvalue weighted by Gasteiger charge is -2.28. The van der Waals surface area contributed by atoms with Crippen molar-refractivity contribution in [2.45, 2.75) is 50.9 Å². The molecule has 2 aliphatic rings. The van der Waals surface area contributed by atoms with Gasteiger partial charge in [-0.2, -0.15) is 5.10 Å². The minimum absolute atomic E-state index is 0.419. The molecule has 5 heteroatoms. The van der Waals surface area contributed by atoms with Crippen LogP contribution in [0.2, 0.25) is 5.02 Å². The largest absolute Gasteiger partial charge is 0.375 e. The number of likely N-dealkylation sites (N-methyl/N-ethyl adjacent to an activating group) is 1. The molecule has 4 nitrogen and oxygen atoms in total. The first-order chi connectivity index (χ1) is 9.10. The van der Waals surface area contributed by atoms with E-state index in [9.17, 15) is 0 Å². The van der Waals surface area contributed by atoms with Crippen molar-refractivity contribution >= 4 is 11.6 Å². The second kappa shape index (κ2) is 5.08. The van der Waals surface area contributed by atoms with Crippen molar-refractivity contribution in [3.8, 4) is 0 Å². The molecule has 0 saturated carbocycles. The van der Waals surface area contributed by atoms with E-state index in [1.54, 1.807) is 0 Å². The van der Waals surface area contributed by atoms with Crippen molar-refractivity contribution in [2.75, 3.05) is 7.05 Å². The lowest BCUT2D eigenvalue weighted by molar-refractivity contribution is 0.0862. The molecule has 4 unspecified atom stereocenters. The first-order valence-electron chi connectivity index (χ1n) is 7.10. The van der Waals surface area contributed by atoms with E-state index in [0.717, 1.165) is 22.8 Å². The maximum Gasteiger partial charge on any atom is 0.0847 e. The molecule has 106 valence electrons. The average molecular weight is 284 g/mol. The van der Waals surface area contributed by atoms with Crippen LogP contribution in [-0.2, 0) is 18.2 Å². The van der Waals surface area contributed by atoms with Crippen LogP contribution >= 0.6 is 11.6 Å². The first kappa shape index (κ1) is 13.4. The Labute approximate surface area is 119 Å². The van der Waals surface area contributed by atoms with E-state index in [1.165, 1.54) is 19.3 Å². The van der Waals surface area contributed by atoms with Gasteiger partial charge in [0.05, 0.1) is 28.6 Å². The Morgan fingerprint density at radius 3 is 2.79 bits per heavy atom. The lowest BCUT2D eigenvalue weighted by Crippen LogP contribution is -2.40. The fourth-order valence-electron chi connectivity index (χ4n) is 3.68. The van der Waals surface area contributed by atoms with E-state index in [0.29, 0.717) is 24.2 Å². The lowest BCUT2D eigenvalue weighted by atomic mass is 9.82. The summed E-state index contributed by atoms with van der Waals surface area (Å²) in [5.41, 5.74) is 2.04. The highest BCUT2D eigenvalue weighted by molar-refractivity contribution is 6.31. The molecule has 0 radical (unpaired) electrons. The Morgan fingerprint density at radius 1 is 1.53 bits per heavy atom. The van der Waals surface area contributed by atoms with Crippen molar-refractivity contribution in [1.29, 1.82) is 0 Å². The van der Waals surface area contributed by atoms with Gasteiger partial charge in [0.1, 0.15) is 0 Å². The highest BCUT2D eigenvalue weighted by atomic mass is 35.5. The maximum absolute atomic E-state index is 6.36.